The highest BCUT2D eigenvalue weighted by molar-refractivity contribution is 6.98. The van der Waals surface area contributed by atoms with E-state index < -0.39 is 0 Å². The minimum absolute atomic E-state index is 0. The molecule has 0 spiro atoms. The molecule has 2 aliphatic rings. The van der Waals surface area contributed by atoms with Crippen molar-refractivity contribution >= 4 is 44.6 Å². The summed E-state index contributed by atoms with van der Waals surface area (Å²) >= 11 is 0. The van der Waals surface area contributed by atoms with Gasteiger partial charge in [0, 0.05) is 22.7 Å². The highest BCUT2D eigenvalue weighted by Crippen LogP contribution is 2.43. The fourth-order valence-electron chi connectivity index (χ4n) is 8.63. The van der Waals surface area contributed by atoms with Crippen LogP contribution in [-0.2, 0) is 0 Å². The number of benzene rings is 10. The molecule has 10 aromatic rings. The standard InChI is InChI=1S/C28H17BO2.C28H20O2.CH4/c1-2-10-19-18(8-1)9-7-11-20(19)21-16-17-26-27-28(21)31-25-15-6-4-13-23(25)29(27)22-12-3-5-14-24(22)30-26;1-3-12-22(13-4-1)29-24-18-19-27(28(20-24)30-23-14-5-2-6-15-23)26-17-9-11-21-10-7-8-16-25(21)26;/h1-17H;1-20H;1H4. The van der Waals surface area contributed by atoms with E-state index >= 15 is 0 Å². The van der Waals surface area contributed by atoms with E-state index in [4.69, 9.17) is 18.9 Å². The molecule has 2 aliphatic heterocycles. The van der Waals surface area contributed by atoms with Gasteiger partial charge in [0.25, 0.3) is 6.71 Å². The van der Waals surface area contributed by atoms with Crippen LogP contribution < -0.4 is 35.3 Å². The molecule has 12 rings (SSSR count). The summed E-state index contributed by atoms with van der Waals surface area (Å²) in [4.78, 5) is 0. The molecule has 0 amide bonds. The number of para-hydroxylation sites is 4. The van der Waals surface area contributed by atoms with Crippen molar-refractivity contribution in [1.29, 1.82) is 0 Å². The third-order valence-corrected chi connectivity index (χ3v) is 11.4. The van der Waals surface area contributed by atoms with Crippen LogP contribution in [0.25, 0.3) is 43.8 Å². The molecule has 0 atom stereocenters. The second kappa shape index (κ2) is 16.6. The largest absolute Gasteiger partial charge is 0.458 e. The monoisotopic (exact) mass is 800 g/mol. The molecule has 0 saturated heterocycles. The van der Waals surface area contributed by atoms with Gasteiger partial charge < -0.3 is 18.9 Å². The molecule has 10 aromatic carbocycles. The third-order valence-electron chi connectivity index (χ3n) is 11.4. The molecule has 0 radical (unpaired) electrons. The van der Waals surface area contributed by atoms with Crippen molar-refractivity contribution in [3.8, 4) is 68.2 Å². The Hall–Kier alpha value is -8.02. The van der Waals surface area contributed by atoms with Gasteiger partial charge in [-0.25, -0.2) is 0 Å². The lowest BCUT2D eigenvalue weighted by atomic mass is 9.34. The maximum absolute atomic E-state index is 6.59. The topological polar surface area (TPSA) is 36.9 Å². The van der Waals surface area contributed by atoms with Crippen LogP contribution in [0.1, 0.15) is 7.43 Å². The SMILES string of the molecule is C.c1ccc(Oc2ccc(-c3cccc4ccccc34)c(Oc3ccccc3)c2)cc1.c1ccc2c(c1)Oc1ccc(-c3cccc4ccccc34)c3c1B2c1ccccc1O3. The summed E-state index contributed by atoms with van der Waals surface area (Å²) in [5, 5.41) is 4.83. The Morgan fingerprint density at radius 3 is 1.48 bits per heavy atom. The van der Waals surface area contributed by atoms with E-state index in [1.807, 2.05) is 84.9 Å². The van der Waals surface area contributed by atoms with Crippen molar-refractivity contribution < 1.29 is 18.9 Å². The molecule has 0 unspecified atom stereocenters. The molecule has 0 fully saturated rings. The van der Waals surface area contributed by atoms with Crippen molar-refractivity contribution in [3.63, 3.8) is 0 Å². The zero-order valence-corrected chi connectivity index (χ0v) is 33.1. The third kappa shape index (κ3) is 7.10. The predicted octanol–water partition coefficient (Wildman–Crippen LogP) is 14.0. The Bertz CT molecular complexity index is 3200. The second-order valence-electron chi connectivity index (χ2n) is 15.1. The first-order valence-corrected chi connectivity index (χ1v) is 20.5. The van der Waals surface area contributed by atoms with Gasteiger partial charge >= 0.3 is 0 Å². The smallest absolute Gasteiger partial charge is 0.260 e. The first-order chi connectivity index (χ1) is 30.2. The summed E-state index contributed by atoms with van der Waals surface area (Å²) in [6.07, 6.45) is 0. The van der Waals surface area contributed by atoms with Gasteiger partial charge in [-0.15, -0.1) is 0 Å². The number of rotatable bonds is 6. The maximum Gasteiger partial charge on any atom is 0.260 e. The molecule has 4 nitrogen and oxygen atoms in total. The van der Waals surface area contributed by atoms with Gasteiger partial charge in [0.1, 0.15) is 46.0 Å². The van der Waals surface area contributed by atoms with Crippen molar-refractivity contribution in [2.45, 2.75) is 7.43 Å². The molecule has 62 heavy (non-hydrogen) atoms. The van der Waals surface area contributed by atoms with Gasteiger partial charge in [0.15, 0.2) is 0 Å². The zero-order valence-electron chi connectivity index (χ0n) is 33.1. The quantitative estimate of drug-likeness (QED) is 0.157. The number of fused-ring (bicyclic) bond motifs is 6. The summed E-state index contributed by atoms with van der Waals surface area (Å²) in [5.41, 5.74) is 7.90. The fraction of sp³-hybridized carbons (Fsp3) is 0.0175. The molecule has 5 heteroatoms. The lowest BCUT2D eigenvalue weighted by Gasteiger charge is -2.34. The van der Waals surface area contributed by atoms with Crippen LogP contribution in [0, 0.1) is 0 Å². The summed E-state index contributed by atoms with van der Waals surface area (Å²) in [6, 6.07) is 76.2. The Labute approximate surface area is 362 Å². The Morgan fingerprint density at radius 2 is 0.839 bits per heavy atom. The maximum atomic E-state index is 6.59. The minimum Gasteiger partial charge on any atom is -0.458 e. The van der Waals surface area contributed by atoms with Gasteiger partial charge in [-0.3, -0.25) is 0 Å². The van der Waals surface area contributed by atoms with E-state index in [0.717, 1.165) is 68.1 Å². The molecule has 0 saturated carbocycles. The number of ether oxygens (including phenoxy) is 4. The van der Waals surface area contributed by atoms with E-state index in [-0.39, 0.29) is 14.1 Å². The molecule has 0 aromatic heterocycles. The van der Waals surface area contributed by atoms with Crippen molar-refractivity contribution in [2.24, 2.45) is 0 Å². The van der Waals surface area contributed by atoms with Gasteiger partial charge in [0.2, 0.25) is 0 Å². The first kappa shape index (κ1) is 38.2. The molecular formula is C57H41BO4. The van der Waals surface area contributed by atoms with Crippen LogP contribution in [-0.4, -0.2) is 6.71 Å². The highest BCUT2D eigenvalue weighted by atomic mass is 16.5. The average Bonchev–Trinajstić information content (AvgIpc) is 3.32. The van der Waals surface area contributed by atoms with Crippen LogP contribution >= 0.6 is 0 Å². The van der Waals surface area contributed by atoms with Crippen LogP contribution in [0.15, 0.2) is 224 Å². The van der Waals surface area contributed by atoms with E-state index in [2.05, 4.69) is 140 Å². The van der Waals surface area contributed by atoms with Crippen LogP contribution in [0.2, 0.25) is 0 Å². The summed E-state index contributed by atoms with van der Waals surface area (Å²) < 4.78 is 25.3. The van der Waals surface area contributed by atoms with Crippen molar-refractivity contribution in [1.82, 2.24) is 0 Å². The Balaban J connectivity index is 0.000000146. The van der Waals surface area contributed by atoms with Gasteiger partial charge in [-0.05, 0) is 104 Å². The Morgan fingerprint density at radius 1 is 0.339 bits per heavy atom. The van der Waals surface area contributed by atoms with Crippen LogP contribution in [0.3, 0.4) is 0 Å². The van der Waals surface area contributed by atoms with Gasteiger partial charge in [0.05, 0.1) is 0 Å². The molecule has 0 N–H and O–H groups in total. The summed E-state index contributed by atoms with van der Waals surface area (Å²) in [6.45, 7) is 0.0924. The van der Waals surface area contributed by atoms with Gasteiger partial charge in [-0.2, -0.15) is 0 Å². The minimum atomic E-state index is 0. The summed E-state index contributed by atoms with van der Waals surface area (Å²) in [7, 11) is 0. The van der Waals surface area contributed by atoms with Crippen molar-refractivity contribution in [3.05, 3.63) is 224 Å². The van der Waals surface area contributed by atoms with Crippen molar-refractivity contribution in [2.75, 3.05) is 0 Å². The first-order valence-electron chi connectivity index (χ1n) is 20.5. The van der Waals surface area contributed by atoms with E-state index in [9.17, 15) is 0 Å². The van der Waals surface area contributed by atoms with Gasteiger partial charge in [-0.1, -0.05) is 165 Å². The highest BCUT2D eigenvalue weighted by Gasteiger charge is 2.41. The second-order valence-corrected chi connectivity index (χ2v) is 15.1. The normalized spacial score (nSPS) is 11.6. The van der Waals surface area contributed by atoms with E-state index in [1.54, 1.807) is 0 Å². The lowest BCUT2D eigenvalue weighted by molar-refractivity contribution is 0.461. The average molecular weight is 801 g/mol. The number of hydrogen-bond acceptors (Lipinski definition) is 4. The van der Waals surface area contributed by atoms with E-state index in [1.165, 1.54) is 38.0 Å². The molecular weight excluding hydrogens is 759 g/mol. The fourth-order valence-corrected chi connectivity index (χ4v) is 8.63. The Kier molecular flexibility index (Phi) is 10.2. The lowest BCUT2D eigenvalue weighted by Crippen LogP contribution is -2.57. The molecule has 2 heterocycles. The molecule has 0 bridgehead atoms. The number of hydrogen-bond donors (Lipinski definition) is 0. The summed E-state index contributed by atoms with van der Waals surface area (Å²) in [5.74, 6) is 6.67. The predicted molar refractivity (Wildman–Crippen MR) is 256 cm³/mol. The van der Waals surface area contributed by atoms with E-state index in [0.29, 0.717) is 0 Å². The zero-order chi connectivity index (χ0) is 40.5. The molecule has 296 valence electrons. The van der Waals surface area contributed by atoms with Crippen LogP contribution in [0.5, 0.6) is 46.0 Å². The molecule has 0 aliphatic carbocycles. The van der Waals surface area contributed by atoms with Crippen LogP contribution in [0.4, 0.5) is 0 Å².